The molecule has 34 heavy (non-hydrogen) atoms. The number of amides is 3. The maximum Gasteiger partial charge on any atom is 0.326 e. The third-order valence-electron chi connectivity index (χ3n) is 4.56. The number of nitrogens with two attached hydrogens (primary N) is 3. The highest BCUT2D eigenvalue weighted by Gasteiger charge is 2.28. The summed E-state index contributed by atoms with van der Waals surface area (Å²) in [6, 6.07) is -4.47. The zero-order valence-electron chi connectivity index (χ0n) is 19.3. The van der Waals surface area contributed by atoms with E-state index in [9.17, 15) is 29.1 Å². The van der Waals surface area contributed by atoms with E-state index in [1.165, 1.54) is 18.7 Å². The lowest BCUT2D eigenvalue weighted by atomic mass is 10.1. The van der Waals surface area contributed by atoms with Crippen molar-refractivity contribution in [3.63, 3.8) is 0 Å². The fourth-order valence-corrected chi connectivity index (χ4v) is 3.12. The van der Waals surface area contributed by atoms with Crippen LogP contribution in [0.25, 0.3) is 0 Å². The Balaban J connectivity index is 5.24. The second kappa shape index (κ2) is 16.5. The van der Waals surface area contributed by atoms with Crippen LogP contribution in [0.4, 0.5) is 0 Å². The highest BCUT2D eigenvalue weighted by molar-refractivity contribution is 7.98. The Labute approximate surface area is 201 Å². The minimum atomic E-state index is -1.47. The van der Waals surface area contributed by atoms with Crippen molar-refractivity contribution < 1.29 is 34.2 Å². The molecular weight excluding hydrogens is 470 g/mol. The summed E-state index contributed by atoms with van der Waals surface area (Å²) in [5.74, 6) is -4.16. The monoisotopic (exact) mass is 505 g/mol. The number of thioether (sulfide) groups is 1. The molecule has 0 rings (SSSR count). The van der Waals surface area contributed by atoms with Gasteiger partial charge in [0.15, 0.2) is 5.96 Å². The van der Waals surface area contributed by atoms with Crippen molar-refractivity contribution in [1.29, 1.82) is 0 Å². The molecule has 15 heteroatoms. The lowest BCUT2D eigenvalue weighted by molar-refractivity contribution is -0.143. The largest absolute Gasteiger partial charge is 0.481 e. The van der Waals surface area contributed by atoms with Gasteiger partial charge >= 0.3 is 11.9 Å². The Morgan fingerprint density at radius 3 is 2.06 bits per heavy atom. The number of nitrogens with one attached hydrogen (secondary N) is 3. The molecule has 4 atom stereocenters. The molecule has 14 nitrogen and oxygen atoms in total. The summed E-state index contributed by atoms with van der Waals surface area (Å²) < 4.78 is 0. The predicted octanol–water partition coefficient (Wildman–Crippen LogP) is -2.46. The van der Waals surface area contributed by atoms with E-state index in [0.29, 0.717) is 12.2 Å². The molecule has 0 saturated heterocycles. The first-order valence-corrected chi connectivity index (χ1v) is 11.9. The zero-order chi connectivity index (χ0) is 26.3. The average Bonchev–Trinajstić information content (AvgIpc) is 2.75. The number of carboxylic acids is 2. The molecule has 0 aliphatic heterocycles. The topological polar surface area (TPSA) is 252 Å². The number of aliphatic imine (C=N–C) groups is 1. The third-order valence-corrected chi connectivity index (χ3v) is 5.21. The van der Waals surface area contributed by atoms with Gasteiger partial charge in [0.05, 0.1) is 6.04 Å². The van der Waals surface area contributed by atoms with Crippen LogP contribution in [-0.2, 0) is 24.0 Å². The smallest absolute Gasteiger partial charge is 0.326 e. The number of aliphatic carboxylic acids is 2. The van der Waals surface area contributed by atoms with Crippen molar-refractivity contribution in [2.75, 3.05) is 18.6 Å². The number of carbonyl (C=O) groups is 5. The zero-order valence-corrected chi connectivity index (χ0v) is 20.1. The van der Waals surface area contributed by atoms with Crippen molar-refractivity contribution in [3.05, 3.63) is 0 Å². The molecule has 0 saturated carbocycles. The molecule has 0 fully saturated rings. The highest BCUT2D eigenvalue weighted by Crippen LogP contribution is 2.04. The fraction of sp³-hybridized carbons (Fsp3) is 0.684. The summed E-state index contributed by atoms with van der Waals surface area (Å²) in [7, 11) is 0. The van der Waals surface area contributed by atoms with Crippen molar-refractivity contribution in [2.24, 2.45) is 22.2 Å². The van der Waals surface area contributed by atoms with Crippen LogP contribution in [0, 0.1) is 0 Å². The van der Waals surface area contributed by atoms with Crippen LogP contribution in [0.2, 0.25) is 0 Å². The number of nitrogens with zero attached hydrogens (tertiary/aromatic N) is 1. The first-order chi connectivity index (χ1) is 15.9. The quantitative estimate of drug-likeness (QED) is 0.0584. The number of carboxylic acid groups (broad SMARTS) is 2. The minimum absolute atomic E-state index is 0.0491. The molecule has 0 aromatic rings. The molecule has 0 aliphatic carbocycles. The van der Waals surface area contributed by atoms with Crippen LogP contribution in [-0.4, -0.2) is 88.6 Å². The molecule has 0 spiro atoms. The van der Waals surface area contributed by atoms with Crippen LogP contribution in [0.15, 0.2) is 4.99 Å². The van der Waals surface area contributed by atoms with Gasteiger partial charge in [-0.2, -0.15) is 11.8 Å². The van der Waals surface area contributed by atoms with Crippen LogP contribution in [0.5, 0.6) is 0 Å². The maximum atomic E-state index is 12.7. The maximum absolute atomic E-state index is 12.7. The minimum Gasteiger partial charge on any atom is -0.481 e. The van der Waals surface area contributed by atoms with Gasteiger partial charge in [-0.1, -0.05) is 0 Å². The van der Waals surface area contributed by atoms with Gasteiger partial charge in [-0.15, -0.1) is 0 Å². The summed E-state index contributed by atoms with van der Waals surface area (Å²) in [5, 5.41) is 25.2. The number of hydrogen-bond acceptors (Lipinski definition) is 8. The van der Waals surface area contributed by atoms with Crippen LogP contribution in [0.3, 0.4) is 0 Å². The standard InChI is InChI=1S/C19H35N7O7S/c1-10(24-16(30)11(20)7-9-34-2)15(29)25-12(4-3-8-23-19(21)22)17(31)26-13(18(32)33)5-6-14(27)28/h10-13H,3-9,20H2,1-2H3,(H,24,30)(H,25,29)(H,26,31)(H,27,28)(H,32,33)(H4,21,22,23). The number of rotatable bonds is 17. The first kappa shape index (κ1) is 30.9. The number of carbonyl (C=O) groups excluding carboxylic acids is 3. The highest BCUT2D eigenvalue weighted by atomic mass is 32.2. The Morgan fingerprint density at radius 1 is 0.912 bits per heavy atom. The molecule has 0 bridgehead atoms. The lowest BCUT2D eigenvalue weighted by Crippen LogP contribution is -2.56. The Hall–Kier alpha value is -3.07. The Morgan fingerprint density at radius 2 is 1.53 bits per heavy atom. The molecule has 0 aliphatic rings. The van der Waals surface area contributed by atoms with E-state index in [4.69, 9.17) is 22.3 Å². The molecule has 3 amide bonds. The summed E-state index contributed by atoms with van der Waals surface area (Å²) in [4.78, 5) is 63.4. The van der Waals surface area contributed by atoms with E-state index >= 15 is 0 Å². The van der Waals surface area contributed by atoms with Gasteiger partial charge in [0.25, 0.3) is 0 Å². The summed E-state index contributed by atoms with van der Waals surface area (Å²) >= 11 is 1.52. The lowest BCUT2D eigenvalue weighted by Gasteiger charge is -2.23. The Bertz CT molecular complexity index is 747. The van der Waals surface area contributed by atoms with Crippen LogP contribution >= 0.6 is 11.8 Å². The molecule has 0 aromatic carbocycles. The molecule has 0 aromatic heterocycles. The van der Waals surface area contributed by atoms with E-state index in [2.05, 4.69) is 20.9 Å². The number of hydrogen-bond donors (Lipinski definition) is 8. The van der Waals surface area contributed by atoms with Gasteiger partial charge in [0.1, 0.15) is 18.1 Å². The SMILES string of the molecule is CSCCC(N)C(=O)NC(C)C(=O)NC(CCCN=C(N)N)C(=O)NC(CCC(=O)O)C(=O)O. The van der Waals surface area contributed by atoms with E-state index in [1.54, 1.807) is 0 Å². The van der Waals surface area contributed by atoms with E-state index in [1.807, 2.05) is 6.26 Å². The third kappa shape index (κ3) is 13.5. The molecule has 0 heterocycles. The van der Waals surface area contributed by atoms with Crippen molar-refractivity contribution in [1.82, 2.24) is 16.0 Å². The predicted molar refractivity (Wildman–Crippen MR) is 127 cm³/mol. The average molecular weight is 506 g/mol. The van der Waals surface area contributed by atoms with Gasteiger partial charge in [-0.25, -0.2) is 4.79 Å². The molecule has 194 valence electrons. The van der Waals surface area contributed by atoms with Crippen LogP contribution in [0.1, 0.15) is 39.0 Å². The van der Waals surface area contributed by atoms with Crippen LogP contribution < -0.4 is 33.2 Å². The summed E-state index contributed by atoms with van der Waals surface area (Å²) in [6.07, 6.45) is 1.79. The molecule has 0 radical (unpaired) electrons. The fourth-order valence-electron chi connectivity index (χ4n) is 2.63. The first-order valence-electron chi connectivity index (χ1n) is 10.5. The number of guanidine groups is 1. The van der Waals surface area contributed by atoms with E-state index in [-0.39, 0.29) is 31.8 Å². The van der Waals surface area contributed by atoms with Gasteiger partial charge in [0.2, 0.25) is 17.7 Å². The second-order valence-electron chi connectivity index (χ2n) is 7.46. The van der Waals surface area contributed by atoms with Crippen molar-refractivity contribution in [3.8, 4) is 0 Å². The van der Waals surface area contributed by atoms with E-state index in [0.717, 1.165) is 0 Å². The second-order valence-corrected chi connectivity index (χ2v) is 8.45. The normalized spacial score (nSPS) is 14.1. The van der Waals surface area contributed by atoms with Gasteiger partial charge in [-0.3, -0.25) is 24.2 Å². The van der Waals surface area contributed by atoms with E-state index < -0.39 is 60.2 Å². The molecule has 11 N–H and O–H groups in total. The van der Waals surface area contributed by atoms with Crippen molar-refractivity contribution >= 4 is 47.4 Å². The molecule has 4 unspecified atom stereocenters. The summed E-state index contributed by atoms with van der Waals surface area (Å²) in [6.45, 7) is 1.57. The summed E-state index contributed by atoms with van der Waals surface area (Å²) in [5.41, 5.74) is 16.3. The Kier molecular flexibility index (Phi) is 15.0. The van der Waals surface area contributed by atoms with Gasteiger partial charge in [-0.05, 0) is 44.6 Å². The molecular formula is C19H35N7O7S. The van der Waals surface area contributed by atoms with Gasteiger partial charge < -0.3 is 43.4 Å². The van der Waals surface area contributed by atoms with Gasteiger partial charge in [0, 0.05) is 13.0 Å². The van der Waals surface area contributed by atoms with Crippen molar-refractivity contribution in [2.45, 2.75) is 63.2 Å².